The van der Waals surface area contributed by atoms with E-state index < -0.39 is 0 Å². The first kappa shape index (κ1) is 16.8. The zero-order chi connectivity index (χ0) is 17.1. The van der Waals surface area contributed by atoms with Crippen molar-refractivity contribution in [3.63, 3.8) is 0 Å². The second-order valence-corrected chi connectivity index (χ2v) is 6.63. The third-order valence-corrected chi connectivity index (χ3v) is 4.58. The van der Waals surface area contributed by atoms with Crippen molar-refractivity contribution in [1.82, 2.24) is 19.2 Å². The van der Waals surface area contributed by atoms with Gasteiger partial charge in [-0.2, -0.15) is 5.10 Å². The molecule has 0 bridgehead atoms. The summed E-state index contributed by atoms with van der Waals surface area (Å²) in [6.45, 7) is 1.14. The number of benzene rings is 1. The quantitative estimate of drug-likeness (QED) is 0.850. The largest absolute Gasteiger partial charge is 0.346 e. The van der Waals surface area contributed by atoms with Gasteiger partial charge in [0.25, 0.3) is 0 Å². The Morgan fingerprint density at radius 1 is 1.25 bits per heavy atom. The number of hydrogen-bond donors (Lipinski definition) is 0. The molecule has 1 amide bonds. The lowest BCUT2D eigenvalue weighted by molar-refractivity contribution is -0.131. The summed E-state index contributed by atoms with van der Waals surface area (Å²) < 4.78 is 3.00. The van der Waals surface area contributed by atoms with Gasteiger partial charge in [-0.05, 0) is 30.5 Å². The molecule has 6 nitrogen and oxygen atoms in total. The summed E-state index contributed by atoms with van der Waals surface area (Å²) >= 11 is 5.87. The Labute approximate surface area is 145 Å². The fourth-order valence-corrected chi connectivity index (χ4v) is 3.05. The van der Waals surface area contributed by atoms with Crippen LogP contribution < -0.4 is 5.69 Å². The third kappa shape index (κ3) is 3.70. The van der Waals surface area contributed by atoms with E-state index in [1.807, 2.05) is 12.1 Å². The van der Waals surface area contributed by atoms with Crippen LogP contribution in [-0.4, -0.2) is 32.2 Å². The molecule has 0 atom stereocenters. The Hall–Kier alpha value is -2.08. The number of fused-ring (bicyclic) bond motifs is 1. The number of halogens is 1. The summed E-state index contributed by atoms with van der Waals surface area (Å²) in [5.74, 6) is 0.658. The minimum absolute atomic E-state index is 0.0249. The number of aryl methyl sites for hydroxylation is 1. The molecule has 3 rings (SSSR count). The van der Waals surface area contributed by atoms with Gasteiger partial charge in [0.05, 0.1) is 0 Å². The van der Waals surface area contributed by atoms with Gasteiger partial charge < -0.3 is 4.90 Å². The topological polar surface area (TPSA) is 60.1 Å². The molecule has 0 fully saturated rings. The van der Waals surface area contributed by atoms with Crippen molar-refractivity contribution in [2.24, 2.45) is 0 Å². The first-order valence-electron chi connectivity index (χ1n) is 8.19. The van der Waals surface area contributed by atoms with E-state index in [4.69, 9.17) is 11.6 Å². The maximum absolute atomic E-state index is 12.4. The van der Waals surface area contributed by atoms with Gasteiger partial charge in [0.2, 0.25) is 5.91 Å². The summed E-state index contributed by atoms with van der Waals surface area (Å²) in [6.07, 6.45) is 3.95. The first-order valence-corrected chi connectivity index (χ1v) is 8.57. The van der Waals surface area contributed by atoms with Crippen LogP contribution in [0.5, 0.6) is 0 Å². The van der Waals surface area contributed by atoms with E-state index in [0.717, 1.165) is 37.1 Å². The van der Waals surface area contributed by atoms with Crippen molar-refractivity contribution in [2.75, 3.05) is 7.05 Å². The van der Waals surface area contributed by atoms with Crippen LogP contribution >= 0.6 is 11.6 Å². The number of rotatable bonds is 4. The summed E-state index contributed by atoms with van der Waals surface area (Å²) in [4.78, 5) is 26.4. The third-order valence-electron chi connectivity index (χ3n) is 4.33. The van der Waals surface area contributed by atoms with Crippen LogP contribution in [0, 0.1) is 0 Å². The molecule has 0 aliphatic carbocycles. The van der Waals surface area contributed by atoms with Crippen LogP contribution in [0.25, 0.3) is 0 Å². The lowest BCUT2D eigenvalue weighted by atomic mass is 10.2. The number of likely N-dealkylation sites (N-methyl/N-ethyl adjacent to an activating group) is 1. The number of aromatic nitrogens is 3. The van der Waals surface area contributed by atoms with Crippen molar-refractivity contribution < 1.29 is 4.79 Å². The van der Waals surface area contributed by atoms with Crippen molar-refractivity contribution in [1.29, 1.82) is 0 Å². The van der Waals surface area contributed by atoms with E-state index in [2.05, 4.69) is 5.10 Å². The van der Waals surface area contributed by atoms with E-state index in [1.165, 1.54) is 4.68 Å². The van der Waals surface area contributed by atoms with Gasteiger partial charge in [0.1, 0.15) is 12.4 Å². The van der Waals surface area contributed by atoms with E-state index in [1.54, 1.807) is 28.6 Å². The standard InChI is InChI=1S/C17H21ClN4O2/c1-20(11-13-6-8-14(18)9-7-13)16(23)12-22-17(24)21-10-4-2-3-5-15(21)19-22/h6-9H,2-5,10-12H2,1H3. The van der Waals surface area contributed by atoms with Crippen LogP contribution in [-0.2, 0) is 30.8 Å². The monoisotopic (exact) mass is 348 g/mol. The van der Waals surface area contributed by atoms with E-state index >= 15 is 0 Å². The zero-order valence-electron chi connectivity index (χ0n) is 13.7. The molecule has 24 heavy (non-hydrogen) atoms. The lowest BCUT2D eigenvalue weighted by Gasteiger charge is -2.17. The summed E-state index contributed by atoms with van der Waals surface area (Å²) in [7, 11) is 1.73. The van der Waals surface area contributed by atoms with Crippen LogP contribution in [0.3, 0.4) is 0 Å². The highest BCUT2D eigenvalue weighted by Crippen LogP contribution is 2.12. The smallest absolute Gasteiger partial charge is 0.340 e. The number of carbonyl (C=O) groups is 1. The number of amides is 1. The summed E-state index contributed by atoms with van der Waals surface area (Å²) in [5, 5.41) is 5.02. The van der Waals surface area contributed by atoms with E-state index in [0.29, 0.717) is 18.1 Å². The predicted molar refractivity (Wildman–Crippen MR) is 92.0 cm³/mol. The molecule has 1 aromatic carbocycles. The fraction of sp³-hybridized carbons (Fsp3) is 0.471. The van der Waals surface area contributed by atoms with Gasteiger partial charge in [-0.3, -0.25) is 9.36 Å². The van der Waals surface area contributed by atoms with Crippen LogP contribution in [0.15, 0.2) is 29.1 Å². The van der Waals surface area contributed by atoms with Gasteiger partial charge in [-0.15, -0.1) is 0 Å². The molecule has 1 aliphatic rings. The van der Waals surface area contributed by atoms with Gasteiger partial charge in [-0.25, -0.2) is 9.48 Å². The molecule has 7 heteroatoms. The SMILES string of the molecule is CN(Cc1ccc(Cl)cc1)C(=O)Cn1nc2n(c1=O)CCCCC2. The fourth-order valence-electron chi connectivity index (χ4n) is 2.93. The lowest BCUT2D eigenvalue weighted by Crippen LogP contribution is -2.34. The molecule has 0 spiro atoms. The highest BCUT2D eigenvalue weighted by atomic mass is 35.5. The van der Waals surface area contributed by atoms with Crippen molar-refractivity contribution >= 4 is 17.5 Å². The maximum Gasteiger partial charge on any atom is 0.346 e. The molecule has 0 N–H and O–H groups in total. The second kappa shape index (κ2) is 7.21. The van der Waals surface area contributed by atoms with Gasteiger partial charge in [-0.1, -0.05) is 30.2 Å². The summed E-state index contributed by atoms with van der Waals surface area (Å²) in [5.41, 5.74) is 0.809. The average Bonchev–Trinajstić information content (AvgIpc) is 2.74. The molecule has 2 heterocycles. The van der Waals surface area contributed by atoms with Gasteiger partial charge in [0.15, 0.2) is 0 Å². The summed E-state index contributed by atoms with van der Waals surface area (Å²) in [6, 6.07) is 7.37. The Morgan fingerprint density at radius 2 is 2.00 bits per heavy atom. The highest BCUT2D eigenvalue weighted by molar-refractivity contribution is 6.30. The molecule has 1 aliphatic heterocycles. The molecule has 128 valence electrons. The molecule has 2 aromatic rings. The van der Waals surface area contributed by atoms with Crippen molar-refractivity contribution in [2.45, 2.75) is 45.3 Å². The zero-order valence-corrected chi connectivity index (χ0v) is 14.5. The van der Waals surface area contributed by atoms with Crippen molar-refractivity contribution in [3.8, 4) is 0 Å². The van der Waals surface area contributed by atoms with Gasteiger partial charge >= 0.3 is 5.69 Å². The minimum atomic E-state index is -0.180. The predicted octanol–water partition coefficient (Wildman–Crippen LogP) is 2.08. The number of carbonyl (C=O) groups excluding carboxylic acids is 1. The number of nitrogens with zero attached hydrogens (tertiary/aromatic N) is 4. The Bertz CT molecular complexity index is 779. The minimum Gasteiger partial charge on any atom is -0.340 e. The molecule has 0 saturated heterocycles. The number of hydrogen-bond acceptors (Lipinski definition) is 3. The molecule has 0 unspecified atom stereocenters. The van der Waals surface area contributed by atoms with E-state index in [9.17, 15) is 9.59 Å². The maximum atomic E-state index is 12.4. The molecule has 0 saturated carbocycles. The first-order chi connectivity index (χ1) is 11.5. The molecular formula is C17H21ClN4O2. The van der Waals surface area contributed by atoms with Crippen LogP contribution in [0.2, 0.25) is 5.02 Å². The Kier molecular flexibility index (Phi) is 5.04. The van der Waals surface area contributed by atoms with Crippen LogP contribution in [0.4, 0.5) is 0 Å². The Balaban J connectivity index is 1.68. The highest BCUT2D eigenvalue weighted by Gasteiger charge is 2.18. The molecule has 0 radical (unpaired) electrons. The second-order valence-electron chi connectivity index (χ2n) is 6.20. The normalized spacial score (nSPS) is 14.1. The molecular weight excluding hydrogens is 328 g/mol. The average molecular weight is 349 g/mol. The van der Waals surface area contributed by atoms with Crippen molar-refractivity contribution in [3.05, 3.63) is 51.2 Å². The van der Waals surface area contributed by atoms with E-state index in [-0.39, 0.29) is 18.1 Å². The molecule has 1 aromatic heterocycles. The van der Waals surface area contributed by atoms with Crippen LogP contribution in [0.1, 0.15) is 30.7 Å². The Morgan fingerprint density at radius 3 is 2.75 bits per heavy atom. The van der Waals surface area contributed by atoms with Gasteiger partial charge in [0, 0.05) is 31.6 Å².